The summed E-state index contributed by atoms with van der Waals surface area (Å²) in [5, 5.41) is 19.5. The van der Waals surface area contributed by atoms with Gasteiger partial charge in [-0.1, -0.05) is 26.0 Å². The second-order valence-corrected chi connectivity index (χ2v) is 9.92. The Hall–Kier alpha value is -2.26. The summed E-state index contributed by atoms with van der Waals surface area (Å²) in [5.41, 5.74) is 0.219. The fraction of sp³-hybridized carbons (Fsp3) is 0.591. The normalized spacial score (nSPS) is 27.4. The lowest BCUT2D eigenvalue weighted by molar-refractivity contribution is -0.384. The van der Waals surface area contributed by atoms with Gasteiger partial charge in [-0.3, -0.25) is 14.9 Å². The van der Waals surface area contributed by atoms with E-state index in [1.807, 2.05) is 6.08 Å². The van der Waals surface area contributed by atoms with Crippen LogP contribution in [0.3, 0.4) is 0 Å². The zero-order chi connectivity index (χ0) is 22.6. The Morgan fingerprint density at radius 2 is 2.03 bits per heavy atom. The standard InChI is InChI=1S/C22H30N2O6S/c1-22(2)15-13-19(22)18(7-5-3-4-6-8-21(25)26)20(14-15)23-31(29)30-17-11-9-16(10-12-17)24(27)28/h3,5,9-12,15,18-20,23H,4,6-8,13-14H2,1-2H3,(H,25,26)/t15-,18?,19+,20?,31?/m1/s1. The van der Waals surface area contributed by atoms with Gasteiger partial charge >= 0.3 is 5.97 Å². The highest BCUT2D eigenvalue weighted by Gasteiger charge is 2.57. The Morgan fingerprint density at radius 3 is 2.65 bits per heavy atom. The van der Waals surface area contributed by atoms with E-state index in [1.165, 1.54) is 30.7 Å². The van der Waals surface area contributed by atoms with E-state index in [-0.39, 0.29) is 23.6 Å². The number of benzene rings is 1. The molecule has 0 amide bonds. The quantitative estimate of drug-likeness (QED) is 0.223. The van der Waals surface area contributed by atoms with E-state index in [0.29, 0.717) is 29.9 Å². The summed E-state index contributed by atoms with van der Waals surface area (Å²) < 4.78 is 21.1. The first kappa shape index (κ1) is 23.4. The molecule has 3 aliphatic rings. The molecule has 1 aromatic rings. The third-order valence-corrected chi connectivity index (χ3v) is 7.76. The van der Waals surface area contributed by atoms with Crippen LogP contribution < -0.4 is 8.91 Å². The van der Waals surface area contributed by atoms with Crippen molar-refractivity contribution in [3.63, 3.8) is 0 Å². The van der Waals surface area contributed by atoms with Crippen LogP contribution in [-0.2, 0) is 16.1 Å². The van der Waals surface area contributed by atoms with Gasteiger partial charge in [0.2, 0.25) is 0 Å². The maximum Gasteiger partial charge on any atom is 0.303 e. The number of carbonyl (C=O) groups is 1. The second kappa shape index (κ2) is 9.91. The molecule has 3 unspecified atom stereocenters. The molecule has 31 heavy (non-hydrogen) atoms. The number of fused-ring (bicyclic) bond motifs is 2. The predicted molar refractivity (Wildman–Crippen MR) is 118 cm³/mol. The van der Waals surface area contributed by atoms with Gasteiger partial charge in [-0.2, -0.15) is 4.21 Å². The van der Waals surface area contributed by atoms with E-state index < -0.39 is 22.2 Å². The third kappa shape index (κ3) is 5.71. The highest BCUT2D eigenvalue weighted by atomic mass is 32.2. The molecule has 1 aromatic carbocycles. The van der Waals surface area contributed by atoms with Crippen molar-refractivity contribution in [2.75, 3.05) is 0 Å². The number of nitro benzene ring substituents is 1. The van der Waals surface area contributed by atoms with Crippen LogP contribution in [-0.4, -0.2) is 26.2 Å². The van der Waals surface area contributed by atoms with E-state index in [1.54, 1.807) is 0 Å². The minimum absolute atomic E-state index is 0.0455. The molecule has 4 rings (SSSR count). The molecule has 5 atom stereocenters. The number of hydrogen-bond acceptors (Lipinski definition) is 5. The fourth-order valence-corrected chi connectivity index (χ4v) is 5.86. The van der Waals surface area contributed by atoms with Crippen molar-refractivity contribution in [2.45, 2.75) is 58.4 Å². The molecular formula is C22H30N2O6S. The van der Waals surface area contributed by atoms with Gasteiger partial charge in [0.25, 0.3) is 17.0 Å². The fourth-order valence-electron chi connectivity index (χ4n) is 5.01. The minimum Gasteiger partial charge on any atom is -0.481 e. The van der Waals surface area contributed by atoms with Crippen LogP contribution in [0.1, 0.15) is 52.4 Å². The molecule has 8 nitrogen and oxygen atoms in total. The number of nitrogens with zero attached hydrogens (tertiary/aromatic N) is 1. The maximum absolute atomic E-state index is 12.6. The largest absolute Gasteiger partial charge is 0.481 e. The lowest BCUT2D eigenvalue weighted by Crippen LogP contribution is -2.61. The number of carboxylic acids is 1. The van der Waals surface area contributed by atoms with E-state index in [9.17, 15) is 19.1 Å². The van der Waals surface area contributed by atoms with Crippen molar-refractivity contribution >= 4 is 22.9 Å². The van der Waals surface area contributed by atoms with Crippen LogP contribution in [0.5, 0.6) is 5.75 Å². The first-order valence-corrected chi connectivity index (χ1v) is 11.7. The highest BCUT2D eigenvalue weighted by molar-refractivity contribution is 7.78. The monoisotopic (exact) mass is 450 g/mol. The van der Waals surface area contributed by atoms with Crippen LogP contribution in [0.15, 0.2) is 36.4 Å². The third-order valence-electron chi connectivity index (χ3n) is 6.92. The van der Waals surface area contributed by atoms with Gasteiger partial charge < -0.3 is 9.29 Å². The topological polar surface area (TPSA) is 119 Å². The molecule has 2 N–H and O–H groups in total. The Labute approximate surface area is 185 Å². The maximum atomic E-state index is 12.6. The minimum atomic E-state index is -1.75. The number of hydrogen-bond donors (Lipinski definition) is 2. The van der Waals surface area contributed by atoms with Crippen molar-refractivity contribution in [1.29, 1.82) is 0 Å². The van der Waals surface area contributed by atoms with E-state index >= 15 is 0 Å². The van der Waals surface area contributed by atoms with Crippen LogP contribution in [0.2, 0.25) is 0 Å². The number of carboxylic acid groups (broad SMARTS) is 1. The molecule has 3 fully saturated rings. The molecule has 3 saturated carbocycles. The summed E-state index contributed by atoms with van der Waals surface area (Å²) in [6.07, 6.45) is 8.66. The molecule has 0 heterocycles. The van der Waals surface area contributed by atoms with Crippen LogP contribution in [0.4, 0.5) is 5.69 Å². The van der Waals surface area contributed by atoms with Crippen LogP contribution in [0.25, 0.3) is 0 Å². The van der Waals surface area contributed by atoms with Crippen LogP contribution >= 0.6 is 0 Å². The van der Waals surface area contributed by atoms with Gasteiger partial charge in [0.15, 0.2) is 0 Å². The molecule has 170 valence electrons. The Morgan fingerprint density at radius 1 is 1.32 bits per heavy atom. The van der Waals surface area contributed by atoms with Gasteiger partial charge in [0.1, 0.15) is 5.75 Å². The zero-order valence-corrected chi connectivity index (χ0v) is 18.7. The zero-order valence-electron chi connectivity index (χ0n) is 17.9. The number of nitrogens with one attached hydrogen (secondary N) is 1. The number of non-ortho nitro benzene ring substituents is 1. The Balaban J connectivity index is 1.57. The number of unbranched alkanes of at least 4 members (excludes halogenated alkanes) is 1. The first-order valence-electron chi connectivity index (χ1n) is 10.7. The first-order chi connectivity index (χ1) is 14.7. The van der Waals surface area contributed by atoms with Crippen molar-refractivity contribution in [2.24, 2.45) is 23.2 Å². The summed E-state index contributed by atoms with van der Waals surface area (Å²) in [6.45, 7) is 4.60. The number of allylic oxidation sites excluding steroid dienone is 2. The second-order valence-electron chi connectivity index (χ2n) is 9.05. The summed E-state index contributed by atoms with van der Waals surface area (Å²) >= 11 is -1.75. The summed E-state index contributed by atoms with van der Waals surface area (Å²) in [6, 6.07) is 5.58. The molecule has 3 aliphatic carbocycles. The molecule has 2 bridgehead atoms. The molecule has 0 aliphatic heterocycles. The lowest BCUT2D eigenvalue weighted by Gasteiger charge is -2.62. The average molecular weight is 451 g/mol. The molecule has 9 heteroatoms. The molecule has 0 aromatic heterocycles. The lowest BCUT2D eigenvalue weighted by atomic mass is 9.44. The van der Waals surface area contributed by atoms with E-state index in [2.05, 4.69) is 24.6 Å². The van der Waals surface area contributed by atoms with Gasteiger partial charge in [-0.05, 0) is 67.4 Å². The Kier molecular flexibility index (Phi) is 7.48. The number of aliphatic carboxylic acids is 1. The van der Waals surface area contributed by atoms with Gasteiger partial charge in [0, 0.05) is 24.6 Å². The summed E-state index contributed by atoms with van der Waals surface area (Å²) in [7, 11) is 0. The molecular weight excluding hydrogens is 420 g/mol. The summed E-state index contributed by atoms with van der Waals surface area (Å²) in [5.74, 6) is 0.974. The Bertz CT molecular complexity index is 854. The van der Waals surface area contributed by atoms with Crippen molar-refractivity contribution < 1.29 is 23.2 Å². The molecule has 0 radical (unpaired) electrons. The van der Waals surface area contributed by atoms with Gasteiger partial charge in [0.05, 0.1) is 4.92 Å². The van der Waals surface area contributed by atoms with Gasteiger partial charge in [-0.15, -0.1) is 0 Å². The molecule has 0 saturated heterocycles. The van der Waals surface area contributed by atoms with E-state index in [0.717, 1.165) is 19.3 Å². The summed E-state index contributed by atoms with van der Waals surface area (Å²) in [4.78, 5) is 20.9. The predicted octanol–water partition coefficient (Wildman–Crippen LogP) is 4.39. The smallest absolute Gasteiger partial charge is 0.303 e. The van der Waals surface area contributed by atoms with E-state index in [4.69, 9.17) is 9.29 Å². The molecule has 0 spiro atoms. The van der Waals surface area contributed by atoms with Crippen molar-refractivity contribution in [1.82, 2.24) is 4.72 Å². The van der Waals surface area contributed by atoms with Crippen LogP contribution in [0, 0.1) is 33.3 Å². The average Bonchev–Trinajstić information content (AvgIpc) is 2.71. The number of rotatable bonds is 11. The van der Waals surface area contributed by atoms with Gasteiger partial charge in [-0.25, -0.2) is 4.72 Å². The SMILES string of the molecule is CC1(C)[C@H]2CC(NS(=O)Oc3ccc([N+](=O)[O-])cc3)C(CC=CCCCC(=O)O)[C@@H]1C2. The number of nitro groups is 1. The van der Waals surface area contributed by atoms with Crippen molar-refractivity contribution in [3.05, 3.63) is 46.5 Å². The van der Waals surface area contributed by atoms with Crippen molar-refractivity contribution in [3.8, 4) is 5.75 Å². The highest BCUT2D eigenvalue weighted by Crippen LogP contribution is 2.62.